The van der Waals surface area contributed by atoms with Crippen molar-refractivity contribution >= 4 is 0 Å². The van der Waals surface area contributed by atoms with Crippen LogP contribution in [-0.2, 0) is 4.84 Å². The number of piperidine rings is 1. The number of ether oxygens (including phenoxy) is 1. The summed E-state index contributed by atoms with van der Waals surface area (Å²) in [5.41, 5.74) is 1.68. The molecule has 0 N–H and O–H groups in total. The highest BCUT2D eigenvalue weighted by Crippen LogP contribution is 2.42. The van der Waals surface area contributed by atoms with Crippen molar-refractivity contribution in [3.8, 4) is 5.75 Å². The second-order valence-corrected chi connectivity index (χ2v) is 9.14. The van der Waals surface area contributed by atoms with Crippen LogP contribution in [0.25, 0.3) is 0 Å². The number of benzene rings is 1. The van der Waals surface area contributed by atoms with E-state index in [0.717, 1.165) is 12.4 Å². The van der Waals surface area contributed by atoms with Crippen molar-refractivity contribution in [2.75, 3.05) is 13.7 Å². The predicted octanol–water partition coefficient (Wildman–Crippen LogP) is 5.55. The lowest BCUT2D eigenvalue weighted by Gasteiger charge is -2.51. The molecule has 1 aromatic rings. The van der Waals surface area contributed by atoms with Gasteiger partial charge in [0, 0.05) is 11.1 Å². The molecule has 0 spiro atoms. The van der Waals surface area contributed by atoms with Gasteiger partial charge >= 0.3 is 0 Å². The molecule has 1 aliphatic carbocycles. The number of methoxy groups -OCH3 is 1. The van der Waals surface area contributed by atoms with Crippen molar-refractivity contribution in [3.05, 3.63) is 29.8 Å². The Hall–Kier alpha value is -1.06. The molecule has 0 radical (unpaired) electrons. The number of nitrogens with zero attached hydrogens (tertiary/aromatic N) is 1. The van der Waals surface area contributed by atoms with E-state index in [2.05, 4.69) is 57.0 Å². The van der Waals surface area contributed by atoms with Gasteiger partial charge in [-0.15, -0.1) is 0 Å². The van der Waals surface area contributed by atoms with E-state index in [0.29, 0.717) is 11.8 Å². The summed E-state index contributed by atoms with van der Waals surface area (Å²) in [6.07, 6.45) is 7.56. The van der Waals surface area contributed by atoms with E-state index in [-0.39, 0.29) is 11.1 Å². The van der Waals surface area contributed by atoms with Crippen LogP contribution in [0.2, 0.25) is 0 Å². The molecule has 2 atom stereocenters. The highest BCUT2D eigenvalue weighted by Gasteiger charge is 2.43. The molecular weight excluding hydrogens is 310 g/mol. The number of hydrogen-bond donors (Lipinski definition) is 0. The molecule has 0 amide bonds. The predicted molar refractivity (Wildman–Crippen MR) is 103 cm³/mol. The molecule has 1 saturated heterocycles. The highest BCUT2D eigenvalue weighted by atomic mass is 16.7. The van der Waals surface area contributed by atoms with E-state index in [4.69, 9.17) is 9.57 Å². The minimum Gasteiger partial charge on any atom is -0.497 e. The Kier molecular flexibility index (Phi) is 5.45. The van der Waals surface area contributed by atoms with Crippen LogP contribution in [0, 0.1) is 5.92 Å². The molecule has 2 fully saturated rings. The largest absolute Gasteiger partial charge is 0.497 e. The molecule has 1 aliphatic heterocycles. The average molecular weight is 346 g/mol. The molecule has 140 valence electrons. The zero-order chi connectivity index (χ0) is 18.1. The standard InChI is InChI=1S/C22H35NO2/c1-21(2)14-7-15-22(3,4)23(21)25-16-18-8-6-9-20(18)17-10-12-19(24-5)13-11-17/h10-13,18,20H,6-9,14-16H2,1-5H3. The van der Waals surface area contributed by atoms with Gasteiger partial charge in [-0.1, -0.05) is 18.6 Å². The first-order valence-corrected chi connectivity index (χ1v) is 9.91. The molecule has 0 aromatic heterocycles. The third-order valence-corrected chi connectivity index (χ3v) is 6.30. The maximum absolute atomic E-state index is 6.50. The van der Waals surface area contributed by atoms with E-state index in [1.54, 1.807) is 7.11 Å². The van der Waals surface area contributed by atoms with Gasteiger partial charge in [-0.25, -0.2) is 0 Å². The molecule has 0 bridgehead atoms. The number of hydrogen-bond acceptors (Lipinski definition) is 3. The first-order chi connectivity index (χ1) is 11.8. The first-order valence-electron chi connectivity index (χ1n) is 9.91. The molecule has 1 heterocycles. The first kappa shape index (κ1) is 18.7. The second-order valence-electron chi connectivity index (χ2n) is 9.14. The fourth-order valence-electron chi connectivity index (χ4n) is 5.02. The molecule has 3 heteroatoms. The fraction of sp³-hybridized carbons (Fsp3) is 0.727. The second kappa shape index (κ2) is 7.28. The number of hydroxylamine groups is 2. The Morgan fingerprint density at radius 3 is 2.20 bits per heavy atom. The van der Waals surface area contributed by atoms with Crippen LogP contribution >= 0.6 is 0 Å². The molecule has 2 aliphatic rings. The lowest BCUT2D eigenvalue weighted by atomic mass is 9.82. The van der Waals surface area contributed by atoms with Gasteiger partial charge in [0.15, 0.2) is 0 Å². The lowest BCUT2D eigenvalue weighted by Crippen LogP contribution is -2.58. The molecule has 1 saturated carbocycles. The molecule has 1 aromatic carbocycles. The van der Waals surface area contributed by atoms with Crippen LogP contribution in [-0.4, -0.2) is 29.9 Å². The van der Waals surface area contributed by atoms with Crippen molar-refractivity contribution in [1.29, 1.82) is 0 Å². The van der Waals surface area contributed by atoms with Gasteiger partial charge in [0.1, 0.15) is 5.75 Å². The Balaban J connectivity index is 1.66. The van der Waals surface area contributed by atoms with Crippen LogP contribution in [0.4, 0.5) is 0 Å². The molecule has 3 rings (SSSR count). The quantitative estimate of drug-likeness (QED) is 0.698. The summed E-state index contributed by atoms with van der Waals surface area (Å²) < 4.78 is 5.30. The summed E-state index contributed by atoms with van der Waals surface area (Å²) in [4.78, 5) is 6.50. The average Bonchev–Trinajstić information content (AvgIpc) is 3.02. The van der Waals surface area contributed by atoms with E-state index in [1.807, 2.05) is 0 Å². The Morgan fingerprint density at radius 1 is 0.960 bits per heavy atom. The van der Waals surface area contributed by atoms with Crippen LogP contribution < -0.4 is 4.74 Å². The summed E-state index contributed by atoms with van der Waals surface area (Å²) in [5, 5.41) is 2.31. The van der Waals surface area contributed by atoms with E-state index < -0.39 is 0 Å². The van der Waals surface area contributed by atoms with Crippen molar-refractivity contribution in [2.24, 2.45) is 5.92 Å². The van der Waals surface area contributed by atoms with Crippen LogP contribution in [0.15, 0.2) is 24.3 Å². The topological polar surface area (TPSA) is 21.7 Å². The Bertz CT molecular complexity index is 548. The monoisotopic (exact) mass is 345 g/mol. The normalized spacial score (nSPS) is 28.8. The van der Waals surface area contributed by atoms with Crippen molar-refractivity contribution in [3.63, 3.8) is 0 Å². The zero-order valence-electron chi connectivity index (χ0n) is 16.7. The summed E-state index contributed by atoms with van der Waals surface area (Å²) in [7, 11) is 1.73. The van der Waals surface area contributed by atoms with Crippen molar-refractivity contribution in [2.45, 2.75) is 83.2 Å². The van der Waals surface area contributed by atoms with E-state index in [1.165, 1.54) is 44.1 Å². The summed E-state index contributed by atoms with van der Waals surface area (Å²) in [6.45, 7) is 10.1. The Labute approximate surface area is 153 Å². The van der Waals surface area contributed by atoms with Crippen LogP contribution in [0.1, 0.15) is 77.7 Å². The van der Waals surface area contributed by atoms with Crippen LogP contribution in [0.5, 0.6) is 5.75 Å². The van der Waals surface area contributed by atoms with Gasteiger partial charge in [-0.05, 0) is 89.3 Å². The van der Waals surface area contributed by atoms with Gasteiger partial charge < -0.3 is 4.74 Å². The highest BCUT2D eigenvalue weighted by molar-refractivity contribution is 5.30. The van der Waals surface area contributed by atoms with Gasteiger partial charge in [0.2, 0.25) is 0 Å². The zero-order valence-corrected chi connectivity index (χ0v) is 16.7. The molecule has 2 unspecified atom stereocenters. The Morgan fingerprint density at radius 2 is 1.60 bits per heavy atom. The van der Waals surface area contributed by atoms with Crippen LogP contribution in [0.3, 0.4) is 0 Å². The van der Waals surface area contributed by atoms with Gasteiger partial charge in [-0.2, -0.15) is 5.06 Å². The fourth-order valence-corrected chi connectivity index (χ4v) is 5.02. The minimum absolute atomic E-state index is 0.121. The molecule has 25 heavy (non-hydrogen) atoms. The van der Waals surface area contributed by atoms with Crippen molar-refractivity contribution in [1.82, 2.24) is 5.06 Å². The summed E-state index contributed by atoms with van der Waals surface area (Å²) in [6, 6.07) is 8.64. The minimum atomic E-state index is 0.121. The molecule has 3 nitrogen and oxygen atoms in total. The maximum atomic E-state index is 6.50. The van der Waals surface area contributed by atoms with E-state index in [9.17, 15) is 0 Å². The SMILES string of the molecule is COc1ccc(C2CCCC2CON2C(C)(C)CCCC2(C)C)cc1. The molecular formula is C22H35NO2. The summed E-state index contributed by atoms with van der Waals surface area (Å²) >= 11 is 0. The lowest BCUT2D eigenvalue weighted by molar-refractivity contribution is -0.286. The van der Waals surface area contributed by atoms with Crippen molar-refractivity contribution < 1.29 is 9.57 Å². The summed E-state index contributed by atoms with van der Waals surface area (Å²) in [5.74, 6) is 2.16. The van der Waals surface area contributed by atoms with Gasteiger partial charge in [0.05, 0.1) is 13.7 Å². The third kappa shape index (κ3) is 4.03. The van der Waals surface area contributed by atoms with Gasteiger partial charge in [0.25, 0.3) is 0 Å². The smallest absolute Gasteiger partial charge is 0.118 e. The number of rotatable bonds is 5. The van der Waals surface area contributed by atoms with E-state index >= 15 is 0 Å². The van der Waals surface area contributed by atoms with Gasteiger partial charge in [-0.3, -0.25) is 4.84 Å². The third-order valence-electron chi connectivity index (χ3n) is 6.30. The maximum Gasteiger partial charge on any atom is 0.118 e.